The number of nitrogens with zero attached hydrogens (tertiary/aromatic N) is 2. The molecule has 2 rings (SSSR count). The van der Waals surface area contributed by atoms with Gasteiger partial charge in [-0.15, -0.1) is 0 Å². The van der Waals surface area contributed by atoms with E-state index >= 15 is 0 Å². The number of aromatic nitrogens is 2. The molecular formula is C9H9N5O. The van der Waals surface area contributed by atoms with Crippen LogP contribution >= 0.6 is 0 Å². The number of hydrogen-bond donors (Lipinski definition) is 3. The van der Waals surface area contributed by atoms with Gasteiger partial charge in [0.05, 0.1) is 11.1 Å². The summed E-state index contributed by atoms with van der Waals surface area (Å²) in [6, 6.07) is 3.32. The molecule has 5 N–H and O–H groups in total. The normalized spacial score (nSPS) is 10.2. The third-order valence-electron chi connectivity index (χ3n) is 2.02. The van der Waals surface area contributed by atoms with E-state index in [2.05, 4.69) is 9.97 Å². The Morgan fingerprint density at radius 3 is 3.00 bits per heavy atom. The maximum atomic E-state index is 11.3. The van der Waals surface area contributed by atoms with Gasteiger partial charge in [0, 0.05) is 17.8 Å². The summed E-state index contributed by atoms with van der Waals surface area (Å²) in [5.41, 5.74) is 8.56. The lowest BCUT2D eigenvalue weighted by molar-refractivity contribution is 0.0954. The number of amides is 1. The number of hydrogen-bond acceptors (Lipinski definition) is 5. The summed E-state index contributed by atoms with van der Waals surface area (Å²) in [6.07, 6.45) is 3.21. The van der Waals surface area contributed by atoms with E-state index in [4.69, 9.17) is 11.6 Å². The topological polar surface area (TPSA) is 107 Å². The molecule has 2 aromatic rings. The third kappa shape index (κ3) is 1.57. The van der Waals surface area contributed by atoms with Gasteiger partial charge >= 0.3 is 0 Å². The number of nitrogens with two attached hydrogens (primary N) is 2. The molecule has 0 unspecified atom stereocenters. The van der Waals surface area contributed by atoms with Crippen molar-refractivity contribution >= 4 is 22.6 Å². The highest BCUT2D eigenvalue weighted by molar-refractivity contribution is 6.01. The van der Waals surface area contributed by atoms with Crippen LogP contribution in [0.2, 0.25) is 0 Å². The Labute approximate surface area is 85.3 Å². The zero-order chi connectivity index (χ0) is 10.8. The van der Waals surface area contributed by atoms with Gasteiger partial charge in [0.25, 0.3) is 5.91 Å². The lowest BCUT2D eigenvalue weighted by Gasteiger charge is -2.04. The number of pyridine rings is 2. The van der Waals surface area contributed by atoms with Gasteiger partial charge in [-0.1, -0.05) is 0 Å². The lowest BCUT2D eigenvalue weighted by Crippen LogP contribution is -2.30. The van der Waals surface area contributed by atoms with Gasteiger partial charge in [-0.05, 0) is 12.1 Å². The molecule has 1 amide bonds. The number of nitrogen functional groups attached to an aromatic ring is 2. The highest BCUT2D eigenvalue weighted by Gasteiger charge is 2.10. The fraction of sp³-hybridized carbons (Fsp3) is 0. The van der Waals surface area contributed by atoms with Crippen molar-refractivity contribution in [2.45, 2.75) is 0 Å². The van der Waals surface area contributed by atoms with Crippen LogP contribution in [0.3, 0.4) is 0 Å². The Morgan fingerprint density at radius 1 is 1.47 bits per heavy atom. The standard InChI is InChI=1S/C9H9N5O/c10-8-6(9(15)14-11)3-5-4-12-2-1-7(5)13-8/h1-4H,11H2,(H2,10,13)(H,14,15). The molecule has 6 nitrogen and oxygen atoms in total. The van der Waals surface area contributed by atoms with Gasteiger partial charge in [-0.25, -0.2) is 10.8 Å². The van der Waals surface area contributed by atoms with Crippen molar-refractivity contribution in [3.05, 3.63) is 30.1 Å². The molecule has 0 radical (unpaired) electrons. The molecule has 0 aliphatic carbocycles. The molecule has 6 heteroatoms. The monoisotopic (exact) mass is 203 g/mol. The first-order valence-electron chi connectivity index (χ1n) is 4.23. The predicted octanol–water partition coefficient (Wildman–Crippen LogP) is -0.185. The van der Waals surface area contributed by atoms with Crippen LogP contribution < -0.4 is 17.0 Å². The van der Waals surface area contributed by atoms with Crippen LogP contribution in [0, 0.1) is 0 Å². The van der Waals surface area contributed by atoms with Gasteiger partial charge in [-0.3, -0.25) is 15.2 Å². The second-order valence-electron chi connectivity index (χ2n) is 2.96. The van der Waals surface area contributed by atoms with E-state index in [1.807, 2.05) is 5.43 Å². The molecule has 0 saturated heterocycles. The summed E-state index contributed by atoms with van der Waals surface area (Å²) in [4.78, 5) is 19.3. The van der Waals surface area contributed by atoms with E-state index in [9.17, 15) is 4.79 Å². The zero-order valence-corrected chi connectivity index (χ0v) is 7.77. The van der Waals surface area contributed by atoms with Gasteiger partial charge in [0.1, 0.15) is 5.82 Å². The van der Waals surface area contributed by atoms with Crippen LogP contribution in [0.5, 0.6) is 0 Å². The Kier molecular flexibility index (Phi) is 2.18. The van der Waals surface area contributed by atoms with Crippen LogP contribution in [0.4, 0.5) is 5.82 Å². The van der Waals surface area contributed by atoms with E-state index < -0.39 is 5.91 Å². The molecule has 0 saturated carbocycles. The molecule has 76 valence electrons. The van der Waals surface area contributed by atoms with Crippen LogP contribution in [0.15, 0.2) is 24.5 Å². The first-order chi connectivity index (χ1) is 7.22. The quantitative estimate of drug-likeness (QED) is 0.338. The first kappa shape index (κ1) is 9.35. The van der Waals surface area contributed by atoms with E-state index in [1.165, 1.54) is 0 Å². The van der Waals surface area contributed by atoms with Crippen molar-refractivity contribution in [2.24, 2.45) is 5.84 Å². The highest BCUT2D eigenvalue weighted by atomic mass is 16.2. The molecule has 0 fully saturated rings. The summed E-state index contributed by atoms with van der Waals surface area (Å²) < 4.78 is 0. The molecule has 0 aromatic carbocycles. The average molecular weight is 203 g/mol. The molecule has 0 spiro atoms. The minimum absolute atomic E-state index is 0.150. The molecule has 15 heavy (non-hydrogen) atoms. The van der Waals surface area contributed by atoms with Crippen molar-refractivity contribution in [3.63, 3.8) is 0 Å². The number of carbonyl (C=O) groups excluding carboxylic acids is 1. The second kappa shape index (κ2) is 3.50. The van der Waals surface area contributed by atoms with Crippen molar-refractivity contribution in [2.75, 3.05) is 5.73 Å². The van der Waals surface area contributed by atoms with Crippen LogP contribution in [0.25, 0.3) is 10.9 Å². The van der Waals surface area contributed by atoms with Crippen molar-refractivity contribution in [1.29, 1.82) is 0 Å². The van der Waals surface area contributed by atoms with Gasteiger partial charge < -0.3 is 5.73 Å². The van der Waals surface area contributed by atoms with Gasteiger partial charge in [0.15, 0.2) is 0 Å². The molecule has 2 aromatic heterocycles. The zero-order valence-electron chi connectivity index (χ0n) is 7.77. The van der Waals surface area contributed by atoms with Crippen LogP contribution in [-0.4, -0.2) is 15.9 Å². The summed E-state index contributed by atoms with van der Waals surface area (Å²) in [7, 11) is 0. The fourth-order valence-corrected chi connectivity index (χ4v) is 1.29. The molecule has 0 atom stereocenters. The number of fused-ring (bicyclic) bond motifs is 1. The predicted molar refractivity (Wildman–Crippen MR) is 55.6 cm³/mol. The van der Waals surface area contributed by atoms with E-state index in [0.29, 0.717) is 5.52 Å². The molecule has 0 aliphatic heterocycles. The van der Waals surface area contributed by atoms with Crippen molar-refractivity contribution < 1.29 is 4.79 Å². The summed E-state index contributed by atoms with van der Waals surface area (Å²) in [6.45, 7) is 0. The highest BCUT2D eigenvalue weighted by Crippen LogP contribution is 2.16. The number of nitrogens with one attached hydrogen (secondary N) is 1. The van der Waals surface area contributed by atoms with Gasteiger partial charge in [0.2, 0.25) is 0 Å². The third-order valence-corrected chi connectivity index (χ3v) is 2.02. The molecule has 2 heterocycles. The Hall–Kier alpha value is -2.21. The number of rotatable bonds is 1. The maximum absolute atomic E-state index is 11.3. The second-order valence-corrected chi connectivity index (χ2v) is 2.96. The lowest BCUT2D eigenvalue weighted by atomic mass is 10.2. The first-order valence-corrected chi connectivity index (χ1v) is 4.23. The number of carbonyl (C=O) groups is 1. The smallest absolute Gasteiger partial charge is 0.268 e. The van der Waals surface area contributed by atoms with Crippen LogP contribution in [-0.2, 0) is 0 Å². The minimum atomic E-state index is -0.467. The molecular weight excluding hydrogens is 194 g/mol. The summed E-state index contributed by atoms with van der Waals surface area (Å²) in [5, 5.41) is 0.741. The largest absolute Gasteiger partial charge is 0.383 e. The van der Waals surface area contributed by atoms with E-state index in [-0.39, 0.29) is 11.4 Å². The van der Waals surface area contributed by atoms with Gasteiger partial charge in [-0.2, -0.15) is 0 Å². The Bertz CT molecular complexity index is 525. The minimum Gasteiger partial charge on any atom is -0.383 e. The molecule has 0 aliphatic rings. The maximum Gasteiger partial charge on any atom is 0.268 e. The van der Waals surface area contributed by atoms with E-state index in [0.717, 1.165) is 5.39 Å². The van der Waals surface area contributed by atoms with Crippen LogP contribution in [0.1, 0.15) is 10.4 Å². The van der Waals surface area contributed by atoms with E-state index in [1.54, 1.807) is 24.5 Å². The molecule has 0 bridgehead atoms. The fourth-order valence-electron chi connectivity index (χ4n) is 1.29. The summed E-state index contributed by atoms with van der Waals surface area (Å²) >= 11 is 0. The SMILES string of the molecule is NNC(=O)c1cc2cnccc2nc1N. The Balaban J connectivity index is 2.67. The summed E-state index contributed by atoms with van der Waals surface area (Å²) in [5.74, 6) is 4.70. The number of hydrazine groups is 1. The van der Waals surface area contributed by atoms with Crippen molar-refractivity contribution in [1.82, 2.24) is 15.4 Å². The Morgan fingerprint density at radius 2 is 2.27 bits per heavy atom. The van der Waals surface area contributed by atoms with Crippen molar-refractivity contribution in [3.8, 4) is 0 Å². The number of anilines is 1. The average Bonchev–Trinajstić information content (AvgIpc) is 2.27.